The fourth-order valence-corrected chi connectivity index (χ4v) is 2.76. The average molecular weight is 308 g/mol. The third kappa shape index (κ3) is 2.44. The SMILES string of the molecule is Brc1cc2c(c(CNCc3ccoc3)c1)OCC2. The molecule has 18 heavy (non-hydrogen) atoms. The van der Waals surface area contributed by atoms with Gasteiger partial charge in [0.25, 0.3) is 0 Å². The Morgan fingerprint density at radius 3 is 3.06 bits per heavy atom. The molecule has 94 valence electrons. The summed E-state index contributed by atoms with van der Waals surface area (Å²) in [5.74, 6) is 1.05. The van der Waals surface area contributed by atoms with Crippen LogP contribution < -0.4 is 10.1 Å². The molecule has 1 aliphatic heterocycles. The van der Waals surface area contributed by atoms with Crippen LogP contribution in [0.1, 0.15) is 16.7 Å². The summed E-state index contributed by atoms with van der Waals surface area (Å²) in [5.41, 5.74) is 3.66. The van der Waals surface area contributed by atoms with E-state index in [4.69, 9.17) is 9.15 Å². The summed E-state index contributed by atoms with van der Waals surface area (Å²) >= 11 is 3.55. The first kappa shape index (κ1) is 11.8. The standard InChI is InChI=1S/C14H14BrNO2/c15-13-5-11-2-4-18-14(11)12(6-13)8-16-7-10-1-3-17-9-10/h1,3,5-6,9,16H,2,4,7-8H2. The summed E-state index contributed by atoms with van der Waals surface area (Å²) < 4.78 is 11.8. The minimum absolute atomic E-state index is 0.792. The molecule has 1 aromatic carbocycles. The van der Waals surface area contributed by atoms with Crippen molar-refractivity contribution >= 4 is 15.9 Å². The lowest BCUT2D eigenvalue weighted by atomic mass is 10.1. The van der Waals surface area contributed by atoms with Gasteiger partial charge in [-0.3, -0.25) is 0 Å². The van der Waals surface area contributed by atoms with Crippen molar-refractivity contribution in [2.45, 2.75) is 19.5 Å². The molecule has 3 nitrogen and oxygen atoms in total. The van der Waals surface area contributed by atoms with Gasteiger partial charge < -0.3 is 14.5 Å². The van der Waals surface area contributed by atoms with E-state index >= 15 is 0 Å². The first-order valence-corrected chi connectivity index (χ1v) is 6.78. The Kier molecular flexibility index (Phi) is 3.39. The van der Waals surface area contributed by atoms with Crippen molar-refractivity contribution in [2.75, 3.05) is 6.61 Å². The van der Waals surface area contributed by atoms with Gasteiger partial charge in [0.2, 0.25) is 0 Å². The molecule has 1 aliphatic rings. The first-order valence-electron chi connectivity index (χ1n) is 5.99. The second-order valence-electron chi connectivity index (χ2n) is 4.39. The summed E-state index contributed by atoms with van der Waals surface area (Å²) in [6.45, 7) is 2.39. The third-order valence-corrected chi connectivity index (χ3v) is 3.51. The summed E-state index contributed by atoms with van der Waals surface area (Å²) in [7, 11) is 0. The highest BCUT2D eigenvalue weighted by Gasteiger charge is 2.16. The van der Waals surface area contributed by atoms with Crippen LogP contribution in [0.25, 0.3) is 0 Å². The lowest BCUT2D eigenvalue weighted by Gasteiger charge is -2.09. The zero-order chi connectivity index (χ0) is 12.4. The molecule has 3 rings (SSSR count). The number of ether oxygens (including phenoxy) is 1. The van der Waals surface area contributed by atoms with Crippen LogP contribution in [0.15, 0.2) is 39.6 Å². The van der Waals surface area contributed by atoms with E-state index in [1.807, 2.05) is 6.07 Å². The Bertz CT molecular complexity index is 537. The topological polar surface area (TPSA) is 34.4 Å². The fourth-order valence-electron chi connectivity index (χ4n) is 2.21. The van der Waals surface area contributed by atoms with E-state index in [1.54, 1.807) is 12.5 Å². The molecular formula is C14H14BrNO2. The van der Waals surface area contributed by atoms with Crippen molar-refractivity contribution in [3.8, 4) is 5.75 Å². The molecule has 4 heteroatoms. The van der Waals surface area contributed by atoms with E-state index in [2.05, 4.69) is 33.4 Å². The van der Waals surface area contributed by atoms with Crippen LogP contribution in [0, 0.1) is 0 Å². The molecule has 0 atom stereocenters. The van der Waals surface area contributed by atoms with Crippen LogP contribution in [0.4, 0.5) is 0 Å². The number of rotatable bonds is 4. The first-order chi connectivity index (χ1) is 8.83. The van der Waals surface area contributed by atoms with Crippen LogP contribution in [-0.2, 0) is 19.5 Å². The van der Waals surface area contributed by atoms with Crippen LogP contribution in [0.2, 0.25) is 0 Å². The van der Waals surface area contributed by atoms with Crippen molar-refractivity contribution in [3.63, 3.8) is 0 Å². The smallest absolute Gasteiger partial charge is 0.127 e. The van der Waals surface area contributed by atoms with Gasteiger partial charge in [-0.25, -0.2) is 0 Å². The quantitative estimate of drug-likeness (QED) is 0.941. The highest BCUT2D eigenvalue weighted by atomic mass is 79.9. The van der Waals surface area contributed by atoms with E-state index < -0.39 is 0 Å². The molecule has 0 bridgehead atoms. The van der Waals surface area contributed by atoms with Gasteiger partial charge >= 0.3 is 0 Å². The molecule has 0 aliphatic carbocycles. The van der Waals surface area contributed by atoms with Gasteiger partial charge in [0.15, 0.2) is 0 Å². The Labute approximate surface area is 114 Å². The van der Waals surface area contributed by atoms with Crippen molar-refractivity contribution in [2.24, 2.45) is 0 Å². The minimum Gasteiger partial charge on any atom is -0.493 e. The van der Waals surface area contributed by atoms with Crippen LogP contribution in [0.5, 0.6) is 5.75 Å². The molecule has 0 saturated heterocycles. The molecule has 0 radical (unpaired) electrons. The molecule has 0 fully saturated rings. The van der Waals surface area contributed by atoms with Gasteiger partial charge in [-0.15, -0.1) is 0 Å². The van der Waals surface area contributed by atoms with Gasteiger partial charge in [0.1, 0.15) is 5.75 Å². The molecule has 0 spiro atoms. The van der Waals surface area contributed by atoms with E-state index in [-0.39, 0.29) is 0 Å². The highest BCUT2D eigenvalue weighted by molar-refractivity contribution is 9.10. The Balaban J connectivity index is 1.69. The summed E-state index contributed by atoms with van der Waals surface area (Å²) in [5, 5.41) is 3.40. The van der Waals surface area contributed by atoms with Crippen LogP contribution in [0.3, 0.4) is 0 Å². The molecule has 1 aromatic heterocycles. The van der Waals surface area contributed by atoms with Crippen molar-refractivity contribution in [1.29, 1.82) is 0 Å². The third-order valence-electron chi connectivity index (χ3n) is 3.05. The zero-order valence-corrected chi connectivity index (χ0v) is 11.5. The normalized spacial score (nSPS) is 13.4. The van der Waals surface area contributed by atoms with Gasteiger partial charge in [0, 0.05) is 35.1 Å². The number of benzene rings is 1. The van der Waals surface area contributed by atoms with Gasteiger partial charge in [-0.2, -0.15) is 0 Å². The predicted molar refractivity (Wildman–Crippen MR) is 72.6 cm³/mol. The summed E-state index contributed by atoms with van der Waals surface area (Å²) in [6.07, 6.45) is 4.45. The number of nitrogens with one attached hydrogen (secondary N) is 1. The molecule has 1 N–H and O–H groups in total. The molecule has 0 unspecified atom stereocenters. The zero-order valence-electron chi connectivity index (χ0n) is 9.91. The van der Waals surface area contributed by atoms with Crippen molar-refractivity contribution in [3.05, 3.63) is 51.9 Å². The Hall–Kier alpha value is -1.26. The Morgan fingerprint density at radius 2 is 2.22 bits per heavy atom. The molecular weight excluding hydrogens is 294 g/mol. The second-order valence-corrected chi connectivity index (χ2v) is 5.30. The molecule has 0 amide bonds. The number of hydrogen-bond acceptors (Lipinski definition) is 3. The summed E-state index contributed by atoms with van der Waals surface area (Å²) in [4.78, 5) is 0. The van der Waals surface area contributed by atoms with Gasteiger partial charge in [0.05, 0.1) is 19.1 Å². The molecule has 2 heterocycles. The Morgan fingerprint density at radius 1 is 1.28 bits per heavy atom. The average Bonchev–Trinajstić information content (AvgIpc) is 2.98. The maximum atomic E-state index is 5.69. The number of fused-ring (bicyclic) bond motifs is 1. The largest absolute Gasteiger partial charge is 0.493 e. The summed E-state index contributed by atoms with van der Waals surface area (Å²) in [6, 6.07) is 6.23. The van der Waals surface area contributed by atoms with E-state index in [0.717, 1.165) is 41.9 Å². The number of furan rings is 1. The number of halogens is 1. The predicted octanol–water partition coefficient (Wildman–Crippen LogP) is 3.27. The maximum absolute atomic E-state index is 5.69. The second kappa shape index (κ2) is 5.16. The van der Waals surface area contributed by atoms with Gasteiger partial charge in [-0.05, 0) is 23.8 Å². The van der Waals surface area contributed by atoms with Crippen LogP contribution in [-0.4, -0.2) is 6.61 Å². The van der Waals surface area contributed by atoms with E-state index in [1.165, 1.54) is 11.1 Å². The van der Waals surface area contributed by atoms with Crippen molar-refractivity contribution < 1.29 is 9.15 Å². The highest BCUT2D eigenvalue weighted by Crippen LogP contribution is 2.32. The fraction of sp³-hybridized carbons (Fsp3) is 0.286. The maximum Gasteiger partial charge on any atom is 0.127 e. The molecule has 2 aromatic rings. The van der Waals surface area contributed by atoms with E-state index in [9.17, 15) is 0 Å². The van der Waals surface area contributed by atoms with Crippen molar-refractivity contribution in [1.82, 2.24) is 5.32 Å². The lowest BCUT2D eigenvalue weighted by Crippen LogP contribution is -2.12. The lowest BCUT2D eigenvalue weighted by molar-refractivity contribution is 0.352. The van der Waals surface area contributed by atoms with Crippen LogP contribution >= 0.6 is 15.9 Å². The minimum atomic E-state index is 0.792. The molecule has 0 saturated carbocycles. The van der Waals surface area contributed by atoms with E-state index in [0.29, 0.717) is 0 Å². The number of hydrogen-bond donors (Lipinski definition) is 1. The van der Waals surface area contributed by atoms with Gasteiger partial charge in [-0.1, -0.05) is 15.9 Å². The monoisotopic (exact) mass is 307 g/mol.